The molecule has 1 fully saturated rings. The summed E-state index contributed by atoms with van der Waals surface area (Å²) in [5.41, 5.74) is 1.82. The standard InChI is InChI=1S/C17H23IN2O2/c1-12-9-14(18)7-8-15(12)20-17(22)11-19-16(21)10-13-5-3-2-4-6-13/h7-9,13H,2-6,10-11H2,1H3,(H,19,21)(H,20,22). The van der Waals surface area contributed by atoms with Crippen molar-refractivity contribution < 1.29 is 9.59 Å². The van der Waals surface area contributed by atoms with Crippen molar-refractivity contribution in [3.63, 3.8) is 0 Å². The Kier molecular flexibility index (Phi) is 6.67. The number of hydrogen-bond acceptors (Lipinski definition) is 2. The Morgan fingerprint density at radius 2 is 1.91 bits per heavy atom. The van der Waals surface area contributed by atoms with Gasteiger partial charge in [0.25, 0.3) is 0 Å². The molecule has 22 heavy (non-hydrogen) atoms. The fourth-order valence-electron chi connectivity index (χ4n) is 2.87. The smallest absolute Gasteiger partial charge is 0.243 e. The van der Waals surface area contributed by atoms with Gasteiger partial charge < -0.3 is 10.6 Å². The van der Waals surface area contributed by atoms with E-state index in [4.69, 9.17) is 0 Å². The Morgan fingerprint density at radius 3 is 2.59 bits per heavy atom. The number of rotatable bonds is 5. The van der Waals surface area contributed by atoms with Crippen LogP contribution in [-0.2, 0) is 9.59 Å². The van der Waals surface area contributed by atoms with Crippen LogP contribution in [0.25, 0.3) is 0 Å². The zero-order valence-corrected chi connectivity index (χ0v) is 15.1. The largest absolute Gasteiger partial charge is 0.347 e. The second-order valence-electron chi connectivity index (χ2n) is 5.99. The number of carbonyl (C=O) groups excluding carboxylic acids is 2. The number of carbonyl (C=O) groups is 2. The summed E-state index contributed by atoms with van der Waals surface area (Å²) in [5, 5.41) is 5.57. The maximum Gasteiger partial charge on any atom is 0.243 e. The molecule has 2 N–H and O–H groups in total. The summed E-state index contributed by atoms with van der Waals surface area (Å²) in [6.07, 6.45) is 6.57. The number of benzene rings is 1. The minimum absolute atomic E-state index is 0.0126. The van der Waals surface area contributed by atoms with Crippen molar-refractivity contribution in [2.75, 3.05) is 11.9 Å². The van der Waals surface area contributed by atoms with Gasteiger partial charge in [-0.25, -0.2) is 0 Å². The molecule has 5 heteroatoms. The molecule has 1 aliphatic carbocycles. The van der Waals surface area contributed by atoms with Crippen LogP contribution in [0.15, 0.2) is 18.2 Å². The van der Waals surface area contributed by atoms with Crippen LogP contribution in [0.2, 0.25) is 0 Å². The topological polar surface area (TPSA) is 58.2 Å². The molecule has 4 nitrogen and oxygen atoms in total. The van der Waals surface area contributed by atoms with Crippen LogP contribution in [0.5, 0.6) is 0 Å². The molecule has 0 heterocycles. The Morgan fingerprint density at radius 1 is 1.18 bits per heavy atom. The monoisotopic (exact) mass is 414 g/mol. The summed E-state index contributed by atoms with van der Waals surface area (Å²) in [6, 6.07) is 5.85. The third-order valence-corrected chi connectivity index (χ3v) is 4.78. The fourth-order valence-corrected chi connectivity index (χ4v) is 3.51. The summed E-state index contributed by atoms with van der Waals surface area (Å²) in [5.74, 6) is 0.304. The first-order valence-electron chi connectivity index (χ1n) is 7.87. The van der Waals surface area contributed by atoms with Gasteiger partial charge >= 0.3 is 0 Å². The number of hydrogen-bond donors (Lipinski definition) is 2. The number of anilines is 1. The van der Waals surface area contributed by atoms with Gasteiger partial charge in [-0.05, 0) is 72.0 Å². The first-order valence-corrected chi connectivity index (χ1v) is 8.95. The van der Waals surface area contributed by atoms with Gasteiger partial charge in [0.1, 0.15) is 0 Å². The van der Waals surface area contributed by atoms with Crippen molar-refractivity contribution in [3.8, 4) is 0 Å². The van der Waals surface area contributed by atoms with Crippen LogP contribution in [0, 0.1) is 16.4 Å². The van der Waals surface area contributed by atoms with Crippen LogP contribution in [0.4, 0.5) is 5.69 Å². The molecule has 2 amide bonds. The maximum absolute atomic E-state index is 11.9. The summed E-state index contributed by atoms with van der Waals surface area (Å²) < 4.78 is 1.13. The fraction of sp³-hybridized carbons (Fsp3) is 0.529. The molecular formula is C17H23IN2O2. The normalized spacial score (nSPS) is 15.4. The van der Waals surface area contributed by atoms with Gasteiger partial charge in [0.15, 0.2) is 0 Å². The second kappa shape index (κ2) is 8.50. The number of halogens is 1. The molecule has 0 radical (unpaired) electrons. The molecule has 1 saturated carbocycles. The van der Waals surface area contributed by atoms with E-state index in [1.807, 2.05) is 25.1 Å². The van der Waals surface area contributed by atoms with E-state index in [2.05, 4.69) is 33.2 Å². The van der Waals surface area contributed by atoms with Crippen LogP contribution >= 0.6 is 22.6 Å². The van der Waals surface area contributed by atoms with Gasteiger partial charge in [-0.15, -0.1) is 0 Å². The molecule has 1 aromatic carbocycles. The zero-order valence-electron chi connectivity index (χ0n) is 13.0. The van der Waals surface area contributed by atoms with Gasteiger partial charge in [-0.3, -0.25) is 9.59 Å². The SMILES string of the molecule is Cc1cc(I)ccc1NC(=O)CNC(=O)CC1CCCCC1. The van der Waals surface area contributed by atoms with Gasteiger partial charge in [0, 0.05) is 15.7 Å². The number of nitrogens with one attached hydrogen (secondary N) is 2. The van der Waals surface area contributed by atoms with Crippen molar-refractivity contribution >= 4 is 40.1 Å². The predicted molar refractivity (Wildman–Crippen MR) is 96.7 cm³/mol. The predicted octanol–water partition coefficient (Wildman–Crippen LogP) is 3.62. The van der Waals surface area contributed by atoms with E-state index >= 15 is 0 Å². The Balaban J connectivity index is 1.73. The molecule has 2 rings (SSSR count). The molecule has 0 spiro atoms. The molecular weight excluding hydrogens is 391 g/mol. The van der Waals surface area contributed by atoms with E-state index in [0.717, 1.165) is 27.7 Å². The lowest BCUT2D eigenvalue weighted by atomic mass is 9.87. The molecule has 0 saturated heterocycles. The quantitative estimate of drug-likeness (QED) is 0.724. The lowest BCUT2D eigenvalue weighted by molar-refractivity contribution is -0.125. The van der Waals surface area contributed by atoms with Crippen molar-refractivity contribution in [1.29, 1.82) is 0 Å². The number of aryl methyl sites for hydroxylation is 1. The van der Waals surface area contributed by atoms with Gasteiger partial charge in [0.2, 0.25) is 11.8 Å². The van der Waals surface area contributed by atoms with Crippen molar-refractivity contribution in [3.05, 3.63) is 27.3 Å². The average Bonchev–Trinajstić information content (AvgIpc) is 2.49. The summed E-state index contributed by atoms with van der Waals surface area (Å²) in [7, 11) is 0. The minimum atomic E-state index is -0.179. The minimum Gasteiger partial charge on any atom is -0.347 e. The average molecular weight is 414 g/mol. The molecule has 1 aliphatic rings. The van der Waals surface area contributed by atoms with E-state index in [1.54, 1.807) is 0 Å². The second-order valence-corrected chi connectivity index (χ2v) is 7.24. The van der Waals surface area contributed by atoms with Crippen molar-refractivity contribution in [2.24, 2.45) is 5.92 Å². The third-order valence-electron chi connectivity index (χ3n) is 4.11. The third kappa shape index (κ3) is 5.59. The van der Waals surface area contributed by atoms with E-state index in [0.29, 0.717) is 12.3 Å². The first-order chi connectivity index (χ1) is 10.5. The lowest BCUT2D eigenvalue weighted by Crippen LogP contribution is -2.34. The van der Waals surface area contributed by atoms with Crippen molar-refractivity contribution in [2.45, 2.75) is 45.4 Å². The Labute approximate surface area is 145 Å². The highest BCUT2D eigenvalue weighted by Gasteiger charge is 2.17. The summed E-state index contributed by atoms with van der Waals surface area (Å²) >= 11 is 2.24. The van der Waals surface area contributed by atoms with E-state index in [9.17, 15) is 9.59 Å². The molecule has 1 aromatic rings. The Hall–Kier alpha value is -1.11. The molecule has 0 atom stereocenters. The molecule has 0 aliphatic heterocycles. The van der Waals surface area contributed by atoms with E-state index in [1.165, 1.54) is 19.3 Å². The highest BCUT2D eigenvalue weighted by atomic mass is 127. The van der Waals surface area contributed by atoms with Crippen LogP contribution < -0.4 is 10.6 Å². The molecule has 0 unspecified atom stereocenters. The maximum atomic E-state index is 11.9. The summed E-state index contributed by atoms with van der Waals surface area (Å²) in [4.78, 5) is 23.8. The van der Waals surface area contributed by atoms with Crippen LogP contribution in [-0.4, -0.2) is 18.4 Å². The Bertz CT molecular complexity index is 539. The lowest BCUT2D eigenvalue weighted by Gasteiger charge is -2.20. The number of amides is 2. The zero-order chi connectivity index (χ0) is 15.9. The van der Waals surface area contributed by atoms with E-state index in [-0.39, 0.29) is 18.4 Å². The van der Waals surface area contributed by atoms with Crippen LogP contribution in [0.1, 0.15) is 44.1 Å². The molecule has 0 bridgehead atoms. The molecule has 120 valence electrons. The van der Waals surface area contributed by atoms with Crippen molar-refractivity contribution in [1.82, 2.24) is 5.32 Å². The van der Waals surface area contributed by atoms with E-state index < -0.39 is 0 Å². The van der Waals surface area contributed by atoms with Crippen LogP contribution in [0.3, 0.4) is 0 Å². The first kappa shape index (κ1) is 17.2. The van der Waals surface area contributed by atoms with Gasteiger partial charge in [-0.2, -0.15) is 0 Å². The van der Waals surface area contributed by atoms with Gasteiger partial charge in [0.05, 0.1) is 6.54 Å². The highest BCUT2D eigenvalue weighted by Crippen LogP contribution is 2.26. The molecule has 0 aromatic heterocycles. The van der Waals surface area contributed by atoms with Gasteiger partial charge in [-0.1, -0.05) is 19.3 Å². The summed E-state index contributed by atoms with van der Waals surface area (Å²) in [6.45, 7) is 2.00. The highest BCUT2D eigenvalue weighted by molar-refractivity contribution is 14.1.